The summed E-state index contributed by atoms with van der Waals surface area (Å²) < 4.78 is 23.3. The van der Waals surface area contributed by atoms with E-state index in [1.807, 2.05) is 6.92 Å². The van der Waals surface area contributed by atoms with Crippen LogP contribution in [0.3, 0.4) is 0 Å². The molecule has 3 nitrogen and oxygen atoms in total. The number of allylic oxidation sites excluding steroid dienone is 9. The highest BCUT2D eigenvalue weighted by Gasteiger charge is 2.17. The molecule has 0 heterocycles. The van der Waals surface area contributed by atoms with E-state index in [0.717, 1.165) is 56.9 Å². The first-order valence-corrected chi connectivity index (χ1v) is 13.4. The minimum atomic E-state index is -3.42. The molecule has 0 spiro atoms. The van der Waals surface area contributed by atoms with Gasteiger partial charge in [0.25, 0.3) is 0 Å². The summed E-state index contributed by atoms with van der Waals surface area (Å²) in [4.78, 5) is 0. The van der Waals surface area contributed by atoms with Crippen molar-refractivity contribution in [2.24, 2.45) is 0 Å². The summed E-state index contributed by atoms with van der Waals surface area (Å²) in [6, 6.07) is 0. The number of aliphatic hydroxyl groups is 1. The van der Waals surface area contributed by atoms with Crippen molar-refractivity contribution in [3.63, 3.8) is 0 Å². The van der Waals surface area contributed by atoms with Gasteiger partial charge in [-0.05, 0) is 99.0 Å². The van der Waals surface area contributed by atoms with Crippen LogP contribution in [0.15, 0.2) is 58.2 Å². The number of hydrogen-bond donors (Lipinski definition) is 1. The van der Waals surface area contributed by atoms with Crippen LogP contribution in [0, 0.1) is 0 Å². The highest BCUT2D eigenvalue weighted by atomic mass is 32.2. The molecule has 0 saturated carbocycles. The fourth-order valence-corrected chi connectivity index (χ4v) is 3.92. The number of sulfone groups is 1. The summed E-state index contributed by atoms with van der Waals surface area (Å²) >= 11 is 0. The van der Waals surface area contributed by atoms with Crippen LogP contribution in [0.2, 0.25) is 0 Å². The summed E-state index contributed by atoms with van der Waals surface area (Å²) in [7, 11) is -3.42. The van der Waals surface area contributed by atoms with Gasteiger partial charge in [-0.1, -0.05) is 59.1 Å². The highest BCUT2D eigenvalue weighted by molar-refractivity contribution is 7.91. The average Bonchev–Trinajstić information content (AvgIpc) is 2.67. The van der Waals surface area contributed by atoms with E-state index in [1.54, 1.807) is 6.92 Å². The zero-order valence-corrected chi connectivity index (χ0v) is 21.8. The first-order chi connectivity index (χ1) is 14.5. The first-order valence-electron chi connectivity index (χ1n) is 11.6. The van der Waals surface area contributed by atoms with E-state index >= 15 is 0 Å². The molecule has 0 radical (unpaired) electrons. The smallest absolute Gasteiger partial charge is 0.180 e. The minimum absolute atomic E-state index is 0.0456. The summed E-state index contributed by atoms with van der Waals surface area (Å²) in [5.74, 6) is -0.0456. The Morgan fingerprint density at radius 2 is 1.03 bits per heavy atom. The van der Waals surface area contributed by atoms with Crippen molar-refractivity contribution in [1.82, 2.24) is 0 Å². The molecule has 1 unspecified atom stereocenters. The lowest BCUT2D eigenvalue weighted by Crippen LogP contribution is -2.20. The van der Waals surface area contributed by atoms with E-state index < -0.39 is 15.3 Å². The third-order valence-corrected chi connectivity index (χ3v) is 7.06. The van der Waals surface area contributed by atoms with Gasteiger partial charge in [0.1, 0.15) is 0 Å². The fourth-order valence-electron chi connectivity index (χ4n) is 3.13. The standard InChI is InChI=1S/C27H46O3S/c1-8-31(29,30)27(28)21-26(7)20-12-19-25(6)18-11-17-24(5)16-10-15-23(4)14-9-13-22(2)3/h13,15,17,19,21,27-28H,8-12,14,16,18,20H2,1-7H3/b23-15+,24-17+,25-19+,26-21+. The monoisotopic (exact) mass is 450 g/mol. The van der Waals surface area contributed by atoms with Crippen LogP contribution < -0.4 is 0 Å². The van der Waals surface area contributed by atoms with Crippen LogP contribution in [0.4, 0.5) is 0 Å². The molecule has 0 bridgehead atoms. The van der Waals surface area contributed by atoms with E-state index in [9.17, 15) is 13.5 Å². The van der Waals surface area contributed by atoms with Crippen molar-refractivity contribution in [1.29, 1.82) is 0 Å². The molecule has 31 heavy (non-hydrogen) atoms. The van der Waals surface area contributed by atoms with Crippen LogP contribution in [0.5, 0.6) is 0 Å². The maximum atomic E-state index is 11.6. The van der Waals surface area contributed by atoms with Gasteiger partial charge in [-0.3, -0.25) is 0 Å². The summed E-state index contributed by atoms with van der Waals surface area (Å²) in [5, 5.41) is 9.78. The van der Waals surface area contributed by atoms with E-state index in [2.05, 4.69) is 58.9 Å². The predicted octanol–water partition coefficient (Wildman–Crippen LogP) is 7.61. The Morgan fingerprint density at radius 3 is 1.39 bits per heavy atom. The average molecular weight is 451 g/mol. The first kappa shape index (κ1) is 29.6. The second-order valence-corrected chi connectivity index (χ2v) is 11.3. The molecule has 0 rings (SSSR count). The molecular formula is C27H46O3S. The molecule has 4 heteroatoms. The Kier molecular flexibility index (Phi) is 15.5. The lowest BCUT2D eigenvalue weighted by Gasteiger charge is -2.07. The Balaban J connectivity index is 4.27. The third kappa shape index (κ3) is 16.0. The normalized spacial score (nSPS) is 15.2. The largest absolute Gasteiger partial charge is 0.374 e. The van der Waals surface area contributed by atoms with Crippen molar-refractivity contribution in [2.45, 2.75) is 105 Å². The molecule has 0 aromatic carbocycles. The van der Waals surface area contributed by atoms with Crippen LogP contribution in [-0.2, 0) is 9.84 Å². The second-order valence-electron chi connectivity index (χ2n) is 8.94. The molecule has 0 aliphatic carbocycles. The molecule has 0 aliphatic rings. The number of aliphatic hydroxyl groups excluding tert-OH is 1. The van der Waals surface area contributed by atoms with Gasteiger partial charge in [-0.25, -0.2) is 8.42 Å². The molecule has 0 aliphatic heterocycles. The molecule has 178 valence electrons. The SMILES string of the molecule is CCS(=O)(=O)C(O)/C=C(\C)CC/C=C(\C)CC/C=C(\C)CC/C=C(\C)CCC=C(C)C. The topological polar surface area (TPSA) is 54.4 Å². The van der Waals surface area contributed by atoms with E-state index in [1.165, 1.54) is 28.4 Å². The number of hydrogen-bond acceptors (Lipinski definition) is 3. The summed E-state index contributed by atoms with van der Waals surface area (Å²) in [6.07, 6.45) is 19.0. The zero-order chi connectivity index (χ0) is 23.9. The molecule has 0 aromatic rings. The van der Waals surface area contributed by atoms with Crippen LogP contribution in [0.1, 0.15) is 99.8 Å². The molecule has 1 N–H and O–H groups in total. The quantitative estimate of drug-likeness (QED) is 0.261. The van der Waals surface area contributed by atoms with Crippen molar-refractivity contribution in [3.8, 4) is 0 Å². The zero-order valence-electron chi connectivity index (χ0n) is 21.0. The Labute approximate surface area is 192 Å². The predicted molar refractivity (Wildman–Crippen MR) is 137 cm³/mol. The van der Waals surface area contributed by atoms with Gasteiger partial charge in [0.05, 0.1) is 5.75 Å². The van der Waals surface area contributed by atoms with Gasteiger partial charge in [0.15, 0.2) is 15.3 Å². The van der Waals surface area contributed by atoms with Gasteiger partial charge >= 0.3 is 0 Å². The highest BCUT2D eigenvalue weighted by Crippen LogP contribution is 2.15. The molecule has 1 atom stereocenters. The van der Waals surface area contributed by atoms with Crippen LogP contribution >= 0.6 is 0 Å². The Bertz CT molecular complexity index is 773. The van der Waals surface area contributed by atoms with Crippen molar-refractivity contribution >= 4 is 9.84 Å². The van der Waals surface area contributed by atoms with Crippen LogP contribution in [-0.4, -0.2) is 24.7 Å². The lowest BCUT2D eigenvalue weighted by atomic mass is 10.0. The van der Waals surface area contributed by atoms with Crippen LogP contribution in [0.25, 0.3) is 0 Å². The van der Waals surface area contributed by atoms with E-state index in [4.69, 9.17) is 0 Å². The van der Waals surface area contributed by atoms with Gasteiger partial charge in [0.2, 0.25) is 0 Å². The molecule has 0 amide bonds. The van der Waals surface area contributed by atoms with Gasteiger partial charge < -0.3 is 5.11 Å². The molecular weight excluding hydrogens is 404 g/mol. The second kappa shape index (κ2) is 16.3. The van der Waals surface area contributed by atoms with Gasteiger partial charge in [-0.15, -0.1) is 0 Å². The Hall–Kier alpha value is -1.39. The fraction of sp³-hybridized carbons (Fsp3) is 0.630. The molecule has 0 aromatic heterocycles. The molecule has 0 saturated heterocycles. The number of rotatable bonds is 15. The van der Waals surface area contributed by atoms with Gasteiger partial charge in [0, 0.05) is 0 Å². The van der Waals surface area contributed by atoms with E-state index in [0.29, 0.717) is 0 Å². The van der Waals surface area contributed by atoms with Gasteiger partial charge in [-0.2, -0.15) is 0 Å². The van der Waals surface area contributed by atoms with Crippen molar-refractivity contribution < 1.29 is 13.5 Å². The molecule has 0 fully saturated rings. The third-order valence-electron chi connectivity index (χ3n) is 5.38. The van der Waals surface area contributed by atoms with Crippen molar-refractivity contribution in [3.05, 3.63) is 58.2 Å². The summed E-state index contributed by atoms with van der Waals surface area (Å²) in [5.41, 5.74) is 5.21. The summed E-state index contributed by atoms with van der Waals surface area (Å²) in [6.45, 7) is 14.3. The maximum Gasteiger partial charge on any atom is 0.180 e. The minimum Gasteiger partial charge on any atom is -0.374 e. The maximum absolute atomic E-state index is 11.6. The van der Waals surface area contributed by atoms with Crippen molar-refractivity contribution in [2.75, 3.05) is 5.75 Å². The van der Waals surface area contributed by atoms with E-state index in [-0.39, 0.29) is 5.75 Å². The lowest BCUT2D eigenvalue weighted by molar-refractivity contribution is 0.293. The Morgan fingerprint density at radius 1 is 0.677 bits per heavy atom.